The number of nitrogens with zero attached hydrogens (tertiary/aromatic N) is 1. The van der Waals surface area contributed by atoms with Gasteiger partial charge in [-0.3, -0.25) is 10.1 Å². The zero-order valence-electron chi connectivity index (χ0n) is 14.0. The van der Waals surface area contributed by atoms with Gasteiger partial charge in [-0.2, -0.15) is 0 Å². The minimum atomic E-state index is -0.391. The fourth-order valence-electron chi connectivity index (χ4n) is 2.31. The fourth-order valence-corrected chi connectivity index (χ4v) is 3.21. The van der Waals surface area contributed by atoms with Crippen molar-refractivity contribution in [2.45, 2.75) is 23.3 Å². The molecule has 26 heavy (non-hydrogen) atoms. The highest BCUT2D eigenvalue weighted by atomic mass is 32.2. The third-order valence-corrected chi connectivity index (χ3v) is 4.76. The van der Waals surface area contributed by atoms with Crippen molar-refractivity contribution < 1.29 is 14.1 Å². The molecule has 0 bridgehead atoms. The van der Waals surface area contributed by atoms with E-state index in [4.69, 9.17) is 4.74 Å². The lowest BCUT2D eigenvalue weighted by atomic mass is 10.2. The summed E-state index contributed by atoms with van der Waals surface area (Å²) in [5.74, 6) is 0.164. The molecular weight excluding hydrogens is 353 g/mol. The van der Waals surface area contributed by atoms with Gasteiger partial charge in [-0.25, -0.2) is 4.39 Å². The summed E-state index contributed by atoms with van der Waals surface area (Å²) in [6.45, 7) is 2.16. The van der Waals surface area contributed by atoms with Gasteiger partial charge in [0, 0.05) is 11.0 Å². The Kier molecular flexibility index (Phi) is 5.53. The molecule has 0 saturated heterocycles. The van der Waals surface area contributed by atoms with Crippen molar-refractivity contribution in [1.29, 1.82) is 0 Å². The number of benzene rings is 3. The molecule has 6 heteroatoms. The van der Waals surface area contributed by atoms with E-state index in [1.165, 1.54) is 42.1 Å². The van der Waals surface area contributed by atoms with Crippen LogP contribution in [0.1, 0.15) is 11.1 Å². The second-order valence-corrected chi connectivity index (χ2v) is 6.83. The predicted octanol–water partition coefficient (Wildman–Crippen LogP) is 5.77. The van der Waals surface area contributed by atoms with Crippen LogP contribution in [0, 0.1) is 22.9 Å². The molecule has 0 spiro atoms. The number of rotatable bonds is 6. The van der Waals surface area contributed by atoms with Crippen LogP contribution >= 0.6 is 11.8 Å². The standard InChI is InChI=1S/C20H16FNO3S/c1-14-2-9-18(10-3-14)26-20-11-4-15(12-19(20)22(23)24)13-25-17-7-5-16(21)6-8-17/h2-12H,13H2,1H3. The van der Waals surface area contributed by atoms with E-state index < -0.39 is 4.92 Å². The first kappa shape index (κ1) is 17.9. The summed E-state index contributed by atoms with van der Waals surface area (Å²) in [5.41, 5.74) is 1.85. The SMILES string of the molecule is Cc1ccc(Sc2ccc(COc3ccc(F)cc3)cc2[N+](=O)[O-])cc1. The average Bonchev–Trinajstić information content (AvgIpc) is 2.64. The Morgan fingerprint density at radius 2 is 1.73 bits per heavy atom. The second kappa shape index (κ2) is 8.01. The van der Waals surface area contributed by atoms with Crippen molar-refractivity contribution in [3.63, 3.8) is 0 Å². The molecule has 3 rings (SSSR count). The van der Waals surface area contributed by atoms with Gasteiger partial charge in [-0.15, -0.1) is 0 Å². The van der Waals surface area contributed by atoms with Gasteiger partial charge in [-0.1, -0.05) is 35.5 Å². The molecule has 0 radical (unpaired) electrons. The van der Waals surface area contributed by atoms with E-state index in [1.807, 2.05) is 31.2 Å². The molecule has 0 aliphatic rings. The largest absolute Gasteiger partial charge is 0.489 e. The van der Waals surface area contributed by atoms with E-state index in [0.29, 0.717) is 16.2 Å². The summed E-state index contributed by atoms with van der Waals surface area (Å²) in [6, 6.07) is 18.5. The van der Waals surface area contributed by atoms with Gasteiger partial charge in [0.25, 0.3) is 5.69 Å². The summed E-state index contributed by atoms with van der Waals surface area (Å²) < 4.78 is 18.5. The highest BCUT2D eigenvalue weighted by Gasteiger charge is 2.16. The number of nitro groups is 1. The molecule has 0 saturated carbocycles. The van der Waals surface area contributed by atoms with Gasteiger partial charge >= 0.3 is 0 Å². The van der Waals surface area contributed by atoms with Gasteiger partial charge in [0.05, 0.1) is 9.82 Å². The molecule has 0 aliphatic heterocycles. The van der Waals surface area contributed by atoms with Gasteiger partial charge in [0.1, 0.15) is 18.2 Å². The molecule has 0 aliphatic carbocycles. The van der Waals surface area contributed by atoms with Gasteiger partial charge in [-0.05, 0) is 55.0 Å². The summed E-state index contributed by atoms with van der Waals surface area (Å²) >= 11 is 1.35. The molecule has 0 unspecified atom stereocenters. The maximum Gasteiger partial charge on any atom is 0.283 e. The van der Waals surface area contributed by atoms with Gasteiger partial charge < -0.3 is 4.74 Å². The summed E-state index contributed by atoms with van der Waals surface area (Å²) in [6.07, 6.45) is 0. The number of hydrogen-bond donors (Lipinski definition) is 0. The fraction of sp³-hybridized carbons (Fsp3) is 0.100. The number of halogens is 1. The van der Waals surface area contributed by atoms with E-state index in [2.05, 4.69) is 0 Å². The molecule has 3 aromatic rings. The lowest BCUT2D eigenvalue weighted by Gasteiger charge is -2.08. The molecule has 0 atom stereocenters. The van der Waals surface area contributed by atoms with Crippen molar-refractivity contribution in [1.82, 2.24) is 0 Å². The smallest absolute Gasteiger partial charge is 0.283 e. The summed E-state index contributed by atoms with van der Waals surface area (Å²) in [4.78, 5) is 12.6. The Labute approximate surface area is 154 Å². The highest BCUT2D eigenvalue weighted by Crippen LogP contribution is 2.35. The summed E-state index contributed by atoms with van der Waals surface area (Å²) in [7, 11) is 0. The zero-order valence-corrected chi connectivity index (χ0v) is 14.8. The van der Waals surface area contributed by atoms with E-state index in [0.717, 1.165) is 10.5 Å². The molecule has 3 aromatic carbocycles. The molecule has 0 heterocycles. The molecule has 132 valence electrons. The van der Waals surface area contributed by atoms with Crippen LogP contribution in [0.4, 0.5) is 10.1 Å². The third-order valence-electron chi connectivity index (χ3n) is 3.69. The van der Waals surface area contributed by atoms with Crippen LogP contribution in [0.25, 0.3) is 0 Å². The minimum absolute atomic E-state index is 0.0378. The van der Waals surface area contributed by atoms with Gasteiger partial charge in [0.2, 0.25) is 0 Å². The quantitative estimate of drug-likeness (QED) is 0.409. The average molecular weight is 369 g/mol. The first-order valence-corrected chi connectivity index (χ1v) is 8.73. The first-order chi connectivity index (χ1) is 12.5. The number of hydrogen-bond acceptors (Lipinski definition) is 4. The Morgan fingerprint density at radius 1 is 1.04 bits per heavy atom. The Balaban J connectivity index is 1.76. The van der Waals surface area contributed by atoms with E-state index >= 15 is 0 Å². The summed E-state index contributed by atoms with van der Waals surface area (Å²) in [5, 5.41) is 11.4. The molecule has 0 aromatic heterocycles. The maximum absolute atomic E-state index is 12.9. The zero-order chi connectivity index (χ0) is 18.5. The van der Waals surface area contributed by atoms with E-state index in [1.54, 1.807) is 12.1 Å². The van der Waals surface area contributed by atoms with Crippen LogP contribution in [0.3, 0.4) is 0 Å². The van der Waals surface area contributed by atoms with Crippen LogP contribution in [-0.4, -0.2) is 4.92 Å². The lowest BCUT2D eigenvalue weighted by Crippen LogP contribution is -1.98. The number of ether oxygens (including phenoxy) is 1. The van der Waals surface area contributed by atoms with Gasteiger partial charge in [0.15, 0.2) is 0 Å². The van der Waals surface area contributed by atoms with Crippen molar-refractivity contribution >= 4 is 17.4 Å². The molecule has 0 fully saturated rings. The molecular formula is C20H16FNO3S. The normalized spacial score (nSPS) is 10.5. The number of nitro benzene ring substituents is 1. The Hall–Kier alpha value is -2.86. The second-order valence-electron chi connectivity index (χ2n) is 5.72. The van der Waals surface area contributed by atoms with Crippen molar-refractivity contribution in [3.05, 3.63) is 93.8 Å². The third kappa shape index (κ3) is 4.61. The molecule has 4 nitrogen and oxygen atoms in total. The van der Waals surface area contributed by atoms with Crippen molar-refractivity contribution in [3.8, 4) is 5.75 Å². The van der Waals surface area contributed by atoms with E-state index in [9.17, 15) is 14.5 Å². The van der Waals surface area contributed by atoms with Crippen LogP contribution in [0.15, 0.2) is 76.5 Å². The molecule has 0 N–H and O–H groups in total. The predicted molar refractivity (Wildman–Crippen MR) is 99.1 cm³/mol. The van der Waals surface area contributed by atoms with Crippen LogP contribution < -0.4 is 4.74 Å². The maximum atomic E-state index is 12.9. The highest BCUT2D eigenvalue weighted by molar-refractivity contribution is 7.99. The first-order valence-electron chi connectivity index (χ1n) is 7.91. The lowest BCUT2D eigenvalue weighted by molar-refractivity contribution is -0.387. The monoisotopic (exact) mass is 369 g/mol. The number of aryl methyl sites for hydroxylation is 1. The Bertz CT molecular complexity index is 911. The topological polar surface area (TPSA) is 52.4 Å². The molecule has 0 amide bonds. The van der Waals surface area contributed by atoms with Crippen molar-refractivity contribution in [2.75, 3.05) is 0 Å². The van der Waals surface area contributed by atoms with Crippen molar-refractivity contribution in [2.24, 2.45) is 0 Å². The van der Waals surface area contributed by atoms with Crippen LogP contribution in [-0.2, 0) is 6.61 Å². The minimum Gasteiger partial charge on any atom is -0.489 e. The van der Waals surface area contributed by atoms with Crippen LogP contribution in [0.2, 0.25) is 0 Å². The Morgan fingerprint density at radius 3 is 2.38 bits per heavy atom. The van der Waals surface area contributed by atoms with Crippen LogP contribution in [0.5, 0.6) is 5.75 Å². The van der Waals surface area contributed by atoms with E-state index in [-0.39, 0.29) is 18.1 Å².